The summed E-state index contributed by atoms with van der Waals surface area (Å²) in [6.45, 7) is 3.99. The van der Waals surface area contributed by atoms with Gasteiger partial charge in [0.05, 0.1) is 33.2 Å². The van der Waals surface area contributed by atoms with Gasteiger partial charge in [0.1, 0.15) is 13.2 Å². The fraction of sp³-hybridized carbons (Fsp3) is 0.353. The lowest BCUT2D eigenvalue weighted by Gasteiger charge is -2.27. The molecule has 0 radical (unpaired) electrons. The van der Waals surface area contributed by atoms with Crippen LogP contribution >= 0.6 is 69.6 Å². The first-order chi connectivity index (χ1) is 25.8. The van der Waals surface area contributed by atoms with Crippen molar-refractivity contribution in [3.05, 3.63) is 90.8 Å². The van der Waals surface area contributed by atoms with E-state index < -0.39 is 36.0 Å². The van der Waals surface area contributed by atoms with Crippen molar-refractivity contribution in [3.8, 4) is 11.5 Å². The van der Waals surface area contributed by atoms with Crippen molar-refractivity contribution in [3.63, 3.8) is 0 Å². The quantitative estimate of drug-likeness (QED) is 0.0752. The maximum Gasteiger partial charge on any atom is 0.418 e. The number of imidazole rings is 2. The molecule has 14 nitrogen and oxygen atoms in total. The van der Waals surface area contributed by atoms with Gasteiger partial charge >= 0.3 is 11.9 Å². The lowest BCUT2D eigenvalue weighted by atomic mass is 10.2. The largest absolute Gasteiger partial charge is 0.489 e. The van der Waals surface area contributed by atoms with Gasteiger partial charge in [-0.05, 0) is 37.1 Å². The summed E-state index contributed by atoms with van der Waals surface area (Å²) in [5.41, 5.74) is 0. The minimum atomic E-state index is -1.70. The molecule has 0 spiro atoms. The number of aromatic nitrogens is 4. The number of esters is 2. The minimum absolute atomic E-state index is 0.00361. The predicted molar refractivity (Wildman–Crippen MR) is 203 cm³/mol. The fourth-order valence-corrected chi connectivity index (χ4v) is 6.84. The Morgan fingerprint density at radius 1 is 0.611 bits per heavy atom. The number of aromatic amines is 2. The van der Waals surface area contributed by atoms with Gasteiger partial charge in [0.2, 0.25) is 12.2 Å². The fourth-order valence-electron chi connectivity index (χ4n) is 4.98. The smallest absolute Gasteiger partial charge is 0.418 e. The zero-order valence-electron chi connectivity index (χ0n) is 28.8. The van der Waals surface area contributed by atoms with Crippen LogP contribution in [0.2, 0.25) is 30.1 Å². The summed E-state index contributed by atoms with van der Waals surface area (Å²) in [6, 6.07) is 5.83. The highest BCUT2D eigenvalue weighted by Gasteiger charge is 2.38. The monoisotopic (exact) mass is 864 g/mol. The van der Waals surface area contributed by atoms with E-state index in [4.69, 9.17) is 88.6 Å². The molecule has 20 heteroatoms. The van der Waals surface area contributed by atoms with Crippen LogP contribution in [-0.4, -0.2) is 92.9 Å². The second kappa shape index (κ2) is 20.7. The van der Waals surface area contributed by atoms with Gasteiger partial charge in [-0.15, -0.1) is 0 Å². The van der Waals surface area contributed by atoms with Crippen molar-refractivity contribution in [2.75, 3.05) is 39.4 Å². The molecule has 0 bridgehead atoms. The van der Waals surface area contributed by atoms with Crippen LogP contribution < -0.4 is 9.47 Å². The van der Waals surface area contributed by atoms with E-state index in [9.17, 15) is 19.2 Å². The molecule has 4 rings (SSSR count). The molecule has 0 fully saturated rings. The normalized spacial score (nSPS) is 12.1. The maximum atomic E-state index is 13.9. The van der Waals surface area contributed by atoms with E-state index >= 15 is 0 Å². The van der Waals surface area contributed by atoms with E-state index in [1.807, 2.05) is 13.8 Å². The van der Waals surface area contributed by atoms with Gasteiger partial charge in [-0.1, -0.05) is 83.5 Å². The van der Waals surface area contributed by atoms with Crippen molar-refractivity contribution in [1.82, 2.24) is 29.7 Å². The number of rotatable bonds is 18. The molecule has 2 aromatic carbocycles. The second-order valence-corrected chi connectivity index (χ2v) is 13.8. The molecule has 0 aliphatic heterocycles. The molecule has 0 saturated heterocycles. The van der Waals surface area contributed by atoms with Crippen molar-refractivity contribution in [2.45, 2.75) is 38.9 Å². The lowest BCUT2D eigenvalue weighted by molar-refractivity contribution is -0.180. The van der Waals surface area contributed by atoms with Crippen molar-refractivity contribution < 1.29 is 38.1 Å². The number of amides is 2. The number of carbonyl (C=O) groups excluding carboxylic acids is 4. The first-order valence-electron chi connectivity index (χ1n) is 16.4. The summed E-state index contributed by atoms with van der Waals surface area (Å²) in [5, 5.41) is 1.32. The topological polar surface area (TPSA) is 169 Å². The van der Waals surface area contributed by atoms with Crippen LogP contribution in [0.25, 0.3) is 0 Å². The molecule has 0 aliphatic rings. The molecule has 2 atom stereocenters. The number of nitrogens with one attached hydrogen (secondary N) is 2. The number of carbonyl (C=O) groups is 4. The summed E-state index contributed by atoms with van der Waals surface area (Å²) < 4.78 is 22.3. The van der Waals surface area contributed by atoms with Gasteiger partial charge in [0, 0.05) is 47.9 Å². The van der Waals surface area contributed by atoms with Crippen LogP contribution in [0.1, 0.15) is 50.5 Å². The number of benzene rings is 2. The summed E-state index contributed by atoms with van der Waals surface area (Å²) >= 11 is 36.9. The molecule has 2 aromatic heterocycles. The van der Waals surface area contributed by atoms with Gasteiger partial charge in [-0.25, -0.2) is 19.6 Å². The van der Waals surface area contributed by atoms with E-state index in [0.717, 1.165) is 0 Å². The lowest BCUT2D eigenvalue weighted by Crippen LogP contribution is -2.42. The first-order valence-corrected chi connectivity index (χ1v) is 18.6. The SMILES string of the molecule is CCCN(CCOc1c(Cl)cc(Cl)cc1Cl)C(=O)C(OC(=O)C(=O)OC(C(=O)N(CCC)CCOc1c(Cl)cc(Cl)cc1Cl)c1ncc[nH]1)c1ncc[nH]1. The number of hydrogen-bond acceptors (Lipinski definition) is 10. The molecule has 4 aromatic rings. The average Bonchev–Trinajstić information content (AvgIpc) is 3.86. The third-order valence-corrected chi connectivity index (χ3v) is 8.91. The number of hydrogen-bond donors (Lipinski definition) is 2. The third kappa shape index (κ3) is 11.5. The van der Waals surface area contributed by atoms with Crippen LogP contribution in [0.3, 0.4) is 0 Å². The van der Waals surface area contributed by atoms with Crippen LogP contribution in [0.4, 0.5) is 0 Å². The Hall–Kier alpha value is -3.92. The Kier molecular flexibility index (Phi) is 16.4. The van der Waals surface area contributed by atoms with Gasteiger partial charge in [-0.3, -0.25) is 9.59 Å². The van der Waals surface area contributed by atoms with E-state index in [0.29, 0.717) is 22.9 Å². The molecule has 0 saturated carbocycles. The highest BCUT2D eigenvalue weighted by molar-refractivity contribution is 6.41. The van der Waals surface area contributed by atoms with E-state index in [-0.39, 0.29) is 82.6 Å². The highest BCUT2D eigenvalue weighted by atomic mass is 35.5. The van der Waals surface area contributed by atoms with Gasteiger partial charge in [-0.2, -0.15) is 0 Å². The number of H-pyrrole nitrogens is 2. The number of halogens is 6. The summed E-state index contributed by atoms with van der Waals surface area (Å²) in [6.07, 6.45) is 3.12. The van der Waals surface area contributed by atoms with Crippen LogP contribution in [-0.2, 0) is 28.7 Å². The molecule has 2 unspecified atom stereocenters. The Labute approximate surface area is 340 Å². The minimum Gasteiger partial charge on any atom is -0.489 e. The van der Waals surface area contributed by atoms with E-state index in [1.165, 1.54) is 58.9 Å². The van der Waals surface area contributed by atoms with Crippen LogP contribution in [0.5, 0.6) is 11.5 Å². The summed E-state index contributed by atoms with van der Waals surface area (Å²) in [5.74, 6) is -4.38. The number of ether oxygens (including phenoxy) is 4. The highest BCUT2D eigenvalue weighted by Crippen LogP contribution is 2.37. The second-order valence-electron chi connectivity index (χ2n) is 11.3. The molecule has 2 amide bonds. The zero-order valence-corrected chi connectivity index (χ0v) is 33.3. The van der Waals surface area contributed by atoms with Crippen LogP contribution in [0.15, 0.2) is 49.1 Å². The molecule has 2 heterocycles. The molecule has 290 valence electrons. The first kappa shape index (κ1) is 42.8. The average molecular weight is 867 g/mol. The Morgan fingerprint density at radius 3 is 1.26 bits per heavy atom. The van der Waals surface area contributed by atoms with Crippen molar-refractivity contribution >= 4 is 93.4 Å². The van der Waals surface area contributed by atoms with Gasteiger partial charge in [0.25, 0.3) is 11.8 Å². The third-order valence-electron chi connectivity index (χ3n) is 7.35. The van der Waals surface area contributed by atoms with Crippen molar-refractivity contribution in [2.24, 2.45) is 0 Å². The van der Waals surface area contributed by atoms with Gasteiger partial charge in [0.15, 0.2) is 23.1 Å². The summed E-state index contributed by atoms with van der Waals surface area (Å²) in [7, 11) is 0. The Morgan fingerprint density at radius 2 is 0.963 bits per heavy atom. The van der Waals surface area contributed by atoms with Crippen molar-refractivity contribution in [1.29, 1.82) is 0 Å². The Balaban J connectivity index is 1.47. The zero-order chi connectivity index (χ0) is 39.4. The standard InChI is InChI=1S/C34H34Cl6N6O8/c1-3-9-45(11-13-51-25-21(37)15-19(35)16-22(25)38)31(47)27(29-41-5-6-42-29)53-33(49)34(50)54-28(30-43-7-8-44-30)32(48)46(10-4-2)12-14-52-26-23(39)17-20(36)18-24(26)40/h5-8,15-18,27-28H,3-4,9-14H2,1-2H3,(H,41,42)(H,43,44). The predicted octanol–water partition coefficient (Wildman–Crippen LogP) is 7.56. The molecular formula is C34H34Cl6N6O8. The molecule has 54 heavy (non-hydrogen) atoms. The maximum absolute atomic E-state index is 13.9. The van der Waals surface area contributed by atoms with Gasteiger partial charge < -0.3 is 38.7 Å². The van der Waals surface area contributed by atoms with E-state index in [1.54, 1.807) is 0 Å². The number of nitrogens with zero attached hydrogens (tertiary/aromatic N) is 4. The molecular weight excluding hydrogens is 833 g/mol. The van der Waals surface area contributed by atoms with Crippen LogP contribution in [0, 0.1) is 0 Å². The molecule has 2 N–H and O–H groups in total. The molecule has 0 aliphatic carbocycles. The summed E-state index contributed by atoms with van der Waals surface area (Å²) in [4.78, 5) is 70.6. The Bertz CT molecular complexity index is 1720. The van der Waals surface area contributed by atoms with E-state index in [2.05, 4.69) is 19.9 Å².